The fourth-order valence-electron chi connectivity index (χ4n) is 3.44. The normalized spacial score (nSPS) is 10.8. The molecule has 35 heavy (non-hydrogen) atoms. The molecule has 1 N–H and O–H groups in total. The molecule has 0 saturated carbocycles. The summed E-state index contributed by atoms with van der Waals surface area (Å²) in [6, 6.07) is 25.2. The number of nitrogens with one attached hydrogen (secondary N) is 1. The molecule has 9 heteroatoms. The number of hydrogen-bond donors (Lipinski definition) is 1. The topological polar surface area (TPSA) is 104 Å². The Morgan fingerprint density at radius 3 is 2.40 bits per heavy atom. The quantitative estimate of drug-likeness (QED) is 0.319. The number of ether oxygens (including phenoxy) is 4. The third-order valence-electron chi connectivity index (χ3n) is 5.26. The van der Waals surface area contributed by atoms with Gasteiger partial charge in [-0.05, 0) is 52.4 Å². The first-order valence-electron chi connectivity index (χ1n) is 11.0. The van der Waals surface area contributed by atoms with Crippen LogP contribution in [0.2, 0.25) is 0 Å². The molecule has 0 aliphatic carbocycles. The van der Waals surface area contributed by atoms with E-state index >= 15 is 0 Å². The number of methoxy groups -OCH3 is 1. The predicted octanol–water partition coefficient (Wildman–Crippen LogP) is 4.49. The molecule has 9 nitrogen and oxygen atoms in total. The zero-order chi connectivity index (χ0) is 23.9. The first-order valence-corrected chi connectivity index (χ1v) is 11.0. The minimum Gasteiger partial charge on any atom is -0.493 e. The van der Waals surface area contributed by atoms with Crippen LogP contribution < -0.4 is 18.9 Å². The molecule has 0 aliphatic rings. The van der Waals surface area contributed by atoms with Crippen molar-refractivity contribution in [2.45, 2.75) is 19.8 Å². The summed E-state index contributed by atoms with van der Waals surface area (Å²) in [6.07, 6.45) is 0. The highest BCUT2D eigenvalue weighted by Crippen LogP contribution is 2.32. The highest BCUT2D eigenvalue weighted by Gasteiger charge is 2.09. The minimum atomic E-state index is 0.272. The van der Waals surface area contributed by atoms with Gasteiger partial charge in [0.25, 0.3) is 0 Å². The van der Waals surface area contributed by atoms with Gasteiger partial charge in [0.2, 0.25) is 0 Å². The zero-order valence-corrected chi connectivity index (χ0v) is 19.0. The molecule has 0 atom stereocenters. The van der Waals surface area contributed by atoms with E-state index in [1.165, 1.54) is 0 Å². The number of benzene rings is 3. The Balaban J connectivity index is 1.16. The van der Waals surface area contributed by atoms with Gasteiger partial charge in [-0.1, -0.05) is 36.4 Å². The van der Waals surface area contributed by atoms with Gasteiger partial charge in [0, 0.05) is 11.5 Å². The van der Waals surface area contributed by atoms with Crippen molar-refractivity contribution in [1.29, 1.82) is 0 Å². The number of rotatable bonds is 10. The summed E-state index contributed by atoms with van der Waals surface area (Å²) >= 11 is 0. The molecule has 0 fully saturated rings. The lowest BCUT2D eigenvalue weighted by Gasteiger charge is -2.13. The van der Waals surface area contributed by atoms with Crippen molar-refractivity contribution in [1.82, 2.24) is 25.6 Å². The van der Waals surface area contributed by atoms with Crippen molar-refractivity contribution in [3.63, 3.8) is 0 Å². The van der Waals surface area contributed by atoms with Crippen molar-refractivity contribution in [2.24, 2.45) is 0 Å². The van der Waals surface area contributed by atoms with E-state index in [9.17, 15) is 0 Å². The maximum atomic E-state index is 5.97. The van der Waals surface area contributed by atoms with E-state index in [4.69, 9.17) is 18.9 Å². The summed E-state index contributed by atoms with van der Waals surface area (Å²) in [5.41, 5.74) is 2.78. The SMILES string of the molecule is COc1cc(OCc2ccc(OCc3nnn[nH]3)cc2)ccc1OCc1ccc2ccccc2n1. The summed E-state index contributed by atoms with van der Waals surface area (Å²) in [5.74, 6) is 3.17. The third-order valence-corrected chi connectivity index (χ3v) is 5.26. The number of aromatic amines is 1. The number of hydrogen-bond acceptors (Lipinski definition) is 8. The number of fused-ring (bicyclic) bond motifs is 1. The second kappa shape index (κ2) is 10.5. The van der Waals surface area contributed by atoms with Crippen molar-refractivity contribution >= 4 is 10.9 Å². The number of aromatic nitrogens is 5. The van der Waals surface area contributed by atoms with Crippen molar-refractivity contribution in [2.75, 3.05) is 7.11 Å². The van der Waals surface area contributed by atoms with E-state index in [0.717, 1.165) is 22.2 Å². The second-order valence-electron chi connectivity index (χ2n) is 7.67. The molecular weight excluding hydrogens is 446 g/mol. The van der Waals surface area contributed by atoms with E-state index in [1.807, 2.05) is 78.9 Å². The highest BCUT2D eigenvalue weighted by atomic mass is 16.5. The number of pyridine rings is 1. The summed E-state index contributed by atoms with van der Waals surface area (Å²) in [7, 11) is 1.60. The van der Waals surface area contributed by atoms with Gasteiger partial charge in [-0.25, -0.2) is 10.1 Å². The summed E-state index contributed by atoms with van der Waals surface area (Å²) in [4.78, 5) is 4.65. The van der Waals surface area contributed by atoms with Crippen LogP contribution in [0.4, 0.5) is 0 Å². The molecule has 3 aromatic carbocycles. The lowest BCUT2D eigenvalue weighted by molar-refractivity contribution is 0.275. The van der Waals surface area contributed by atoms with E-state index in [2.05, 4.69) is 25.6 Å². The summed E-state index contributed by atoms with van der Waals surface area (Å²) in [5, 5.41) is 14.6. The molecular formula is C26H23N5O4. The monoisotopic (exact) mass is 469 g/mol. The second-order valence-corrected chi connectivity index (χ2v) is 7.67. The molecule has 0 amide bonds. The number of H-pyrrole nitrogens is 1. The third kappa shape index (κ3) is 5.64. The Labute approximate surface area is 201 Å². The standard InChI is InChI=1S/C26H23N5O4/c1-32-25-14-22(33-15-18-6-10-21(11-7-18)34-17-26-28-30-31-29-26)12-13-24(25)35-16-20-9-8-19-4-2-3-5-23(19)27-20/h2-14H,15-17H2,1H3,(H,28,29,30,31). The van der Waals surface area contributed by atoms with Crippen LogP contribution in [-0.2, 0) is 19.8 Å². The molecule has 2 aromatic heterocycles. The van der Waals surface area contributed by atoms with Gasteiger partial charge in [0.15, 0.2) is 17.3 Å². The van der Waals surface area contributed by atoms with Crippen molar-refractivity contribution < 1.29 is 18.9 Å². The maximum Gasteiger partial charge on any atom is 0.186 e. The number of nitrogens with zero attached hydrogens (tertiary/aromatic N) is 4. The zero-order valence-electron chi connectivity index (χ0n) is 19.0. The largest absolute Gasteiger partial charge is 0.493 e. The number of para-hydroxylation sites is 1. The molecule has 0 radical (unpaired) electrons. The van der Waals surface area contributed by atoms with Gasteiger partial charge in [-0.3, -0.25) is 0 Å². The first-order chi connectivity index (χ1) is 17.3. The fraction of sp³-hybridized carbons (Fsp3) is 0.154. The molecule has 0 spiro atoms. The summed E-state index contributed by atoms with van der Waals surface area (Å²) < 4.78 is 23.1. The lowest BCUT2D eigenvalue weighted by atomic mass is 10.2. The van der Waals surface area contributed by atoms with Crippen LogP contribution in [0.3, 0.4) is 0 Å². The lowest BCUT2D eigenvalue weighted by Crippen LogP contribution is -2.01. The average Bonchev–Trinajstić information content (AvgIpc) is 3.44. The average molecular weight is 470 g/mol. The molecule has 0 aliphatic heterocycles. The smallest absolute Gasteiger partial charge is 0.186 e. The predicted molar refractivity (Wildman–Crippen MR) is 128 cm³/mol. The van der Waals surface area contributed by atoms with Crippen molar-refractivity contribution in [3.8, 4) is 23.0 Å². The van der Waals surface area contributed by atoms with Gasteiger partial charge >= 0.3 is 0 Å². The minimum absolute atomic E-state index is 0.272. The number of tetrazole rings is 1. The molecule has 2 heterocycles. The Kier molecular flexibility index (Phi) is 6.65. The Bertz CT molecular complexity index is 1390. The highest BCUT2D eigenvalue weighted by molar-refractivity contribution is 5.78. The van der Waals surface area contributed by atoms with Crippen LogP contribution in [-0.4, -0.2) is 32.7 Å². The summed E-state index contributed by atoms with van der Waals surface area (Å²) in [6.45, 7) is 1.01. The van der Waals surface area contributed by atoms with Gasteiger partial charge in [0.05, 0.1) is 18.3 Å². The maximum absolute atomic E-state index is 5.97. The van der Waals surface area contributed by atoms with Crippen LogP contribution in [0.25, 0.3) is 10.9 Å². The van der Waals surface area contributed by atoms with Crippen molar-refractivity contribution in [3.05, 3.63) is 95.9 Å². The Morgan fingerprint density at radius 2 is 1.57 bits per heavy atom. The van der Waals surface area contributed by atoms with E-state index in [-0.39, 0.29) is 6.61 Å². The van der Waals surface area contributed by atoms with Gasteiger partial charge < -0.3 is 18.9 Å². The Morgan fingerprint density at radius 1 is 0.743 bits per heavy atom. The molecule has 0 bridgehead atoms. The van der Waals surface area contributed by atoms with Crippen LogP contribution in [0.5, 0.6) is 23.0 Å². The molecule has 176 valence electrons. The van der Waals surface area contributed by atoms with E-state index < -0.39 is 0 Å². The van der Waals surface area contributed by atoms with Gasteiger partial charge in [-0.2, -0.15) is 0 Å². The molecule has 0 saturated heterocycles. The Hall–Kier alpha value is -4.66. The van der Waals surface area contributed by atoms with Crippen LogP contribution in [0.15, 0.2) is 78.9 Å². The van der Waals surface area contributed by atoms with Crippen LogP contribution >= 0.6 is 0 Å². The molecule has 0 unspecified atom stereocenters. The van der Waals surface area contributed by atoms with Gasteiger partial charge in [0.1, 0.15) is 31.3 Å². The molecule has 5 rings (SSSR count). The van der Waals surface area contributed by atoms with Crippen LogP contribution in [0.1, 0.15) is 17.1 Å². The fourth-order valence-corrected chi connectivity index (χ4v) is 3.44. The van der Waals surface area contributed by atoms with E-state index in [0.29, 0.717) is 42.0 Å². The van der Waals surface area contributed by atoms with E-state index in [1.54, 1.807) is 7.11 Å². The first kappa shape index (κ1) is 22.1. The molecule has 5 aromatic rings. The van der Waals surface area contributed by atoms with Gasteiger partial charge in [-0.15, -0.1) is 5.10 Å². The van der Waals surface area contributed by atoms with Crippen LogP contribution in [0, 0.1) is 0 Å².